The zero-order valence-corrected chi connectivity index (χ0v) is 22.7. The molecule has 0 radical (unpaired) electrons. The molecule has 2 heterocycles. The SMILES string of the molecule is [N-]=[N+]=N[C@H](C(=O)Nc1cncc(F)c1CCC1CN1S(=O)(=O)C1CC1)[C@@H](c1ccc(Cl)cc1)c1cccc(F)c1. The largest absolute Gasteiger partial charge is 0.324 e. The van der Waals surface area contributed by atoms with E-state index >= 15 is 0 Å². The number of aromatic nitrogens is 1. The molecule has 2 aromatic carbocycles. The third-order valence-corrected chi connectivity index (χ3v) is 9.79. The van der Waals surface area contributed by atoms with Crippen LogP contribution < -0.4 is 5.32 Å². The molecule has 3 aromatic rings. The van der Waals surface area contributed by atoms with Gasteiger partial charge in [-0.05, 0) is 66.6 Å². The molecule has 13 heteroatoms. The second-order valence-electron chi connectivity index (χ2n) is 9.88. The number of nitrogens with zero attached hydrogens (tertiary/aromatic N) is 5. The molecule has 0 spiro atoms. The minimum atomic E-state index is -3.30. The maximum Gasteiger partial charge on any atom is 0.234 e. The third-order valence-electron chi connectivity index (χ3n) is 7.12. The Kier molecular flexibility index (Phi) is 8.04. The Bertz CT molecular complexity index is 1580. The van der Waals surface area contributed by atoms with E-state index in [1.165, 1.54) is 28.7 Å². The van der Waals surface area contributed by atoms with Crippen LogP contribution in [0.4, 0.5) is 14.5 Å². The van der Waals surface area contributed by atoms with Gasteiger partial charge in [0.15, 0.2) is 0 Å². The molecule has 208 valence electrons. The van der Waals surface area contributed by atoms with Crippen LogP contribution in [-0.4, -0.2) is 47.5 Å². The van der Waals surface area contributed by atoms with Gasteiger partial charge in [0.1, 0.15) is 17.7 Å². The summed E-state index contributed by atoms with van der Waals surface area (Å²) in [5, 5.41) is 6.52. The molecule has 1 aliphatic heterocycles. The monoisotopic (exact) mass is 586 g/mol. The van der Waals surface area contributed by atoms with Gasteiger partial charge in [-0.15, -0.1) is 0 Å². The maximum absolute atomic E-state index is 14.9. The lowest BCUT2D eigenvalue weighted by atomic mass is 9.84. The first-order valence-electron chi connectivity index (χ1n) is 12.7. The van der Waals surface area contributed by atoms with Gasteiger partial charge in [-0.3, -0.25) is 9.78 Å². The first-order chi connectivity index (χ1) is 19.2. The number of anilines is 1. The molecule has 1 aromatic heterocycles. The molecule has 1 saturated carbocycles. The maximum atomic E-state index is 14.9. The lowest BCUT2D eigenvalue weighted by molar-refractivity contribution is -0.117. The van der Waals surface area contributed by atoms with Crippen LogP contribution in [-0.2, 0) is 21.2 Å². The molecule has 9 nitrogen and oxygen atoms in total. The number of sulfonamides is 1. The predicted octanol–water partition coefficient (Wildman–Crippen LogP) is 5.57. The Morgan fingerprint density at radius 1 is 1.18 bits per heavy atom. The number of hydrogen-bond donors (Lipinski definition) is 1. The van der Waals surface area contributed by atoms with Crippen molar-refractivity contribution in [3.63, 3.8) is 0 Å². The number of pyridine rings is 1. The Labute approximate surface area is 234 Å². The highest BCUT2D eigenvalue weighted by atomic mass is 35.5. The number of carbonyl (C=O) groups excluding carboxylic acids is 1. The van der Waals surface area contributed by atoms with Gasteiger partial charge >= 0.3 is 0 Å². The number of nitrogens with one attached hydrogen (secondary N) is 1. The van der Waals surface area contributed by atoms with Crippen molar-refractivity contribution in [2.75, 3.05) is 11.9 Å². The highest BCUT2D eigenvalue weighted by Crippen LogP contribution is 2.38. The molecule has 2 fully saturated rings. The second-order valence-corrected chi connectivity index (χ2v) is 12.5. The molecular weight excluding hydrogens is 562 g/mol. The molecule has 1 saturated heterocycles. The first kappa shape index (κ1) is 28.0. The summed E-state index contributed by atoms with van der Waals surface area (Å²) in [6, 6.07) is 10.5. The van der Waals surface area contributed by atoms with Gasteiger partial charge in [0.2, 0.25) is 15.9 Å². The Hall–Kier alpha value is -3.57. The van der Waals surface area contributed by atoms with E-state index in [1.807, 2.05) is 0 Å². The molecule has 40 heavy (non-hydrogen) atoms. The van der Waals surface area contributed by atoms with Gasteiger partial charge in [0.05, 0.1) is 23.3 Å². The average molecular weight is 587 g/mol. The molecule has 1 amide bonds. The lowest BCUT2D eigenvalue weighted by Crippen LogP contribution is -2.33. The van der Waals surface area contributed by atoms with Crippen molar-refractivity contribution in [1.29, 1.82) is 0 Å². The fourth-order valence-corrected chi connectivity index (χ4v) is 7.00. The Morgan fingerprint density at radius 2 is 1.93 bits per heavy atom. The number of azide groups is 1. The van der Waals surface area contributed by atoms with Crippen molar-refractivity contribution in [2.45, 2.75) is 48.9 Å². The van der Waals surface area contributed by atoms with Crippen LogP contribution in [0.15, 0.2) is 66.0 Å². The molecule has 1 N–H and O–H groups in total. The highest BCUT2D eigenvalue weighted by Gasteiger charge is 2.50. The topological polar surface area (TPSA) is 128 Å². The number of hydrogen-bond acceptors (Lipinski definition) is 5. The minimum Gasteiger partial charge on any atom is -0.324 e. The summed E-state index contributed by atoms with van der Waals surface area (Å²) in [5.41, 5.74) is 10.5. The van der Waals surface area contributed by atoms with Crippen LogP contribution in [0.1, 0.15) is 41.9 Å². The number of amides is 1. The average Bonchev–Trinajstić information content (AvgIpc) is 3.83. The summed E-state index contributed by atoms with van der Waals surface area (Å²) in [6.45, 7) is 0.391. The highest BCUT2D eigenvalue weighted by molar-refractivity contribution is 7.90. The predicted molar refractivity (Wildman–Crippen MR) is 146 cm³/mol. The van der Waals surface area contributed by atoms with E-state index in [0.717, 1.165) is 6.20 Å². The van der Waals surface area contributed by atoms with Gasteiger partial charge < -0.3 is 5.32 Å². The number of halogens is 3. The second kappa shape index (κ2) is 11.5. The van der Waals surface area contributed by atoms with Crippen molar-refractivity contribution in [3.8, 4) is 0 Å². The number of benzene rings is 2. The van der Waals surface area contributed by atoms with Crippen molar-refractivity contribution in [1.82, 2.24) is 9.29 Å². The van der Waals surface area contributed by atoms with Crippen molar-refractivity contribution >= 4 is 33.2 Å². The van der Waals surface area contributed by atoms with Gasteiger partial charge in [-0.25, -0.2) is 17.2 Å². The molecule has 4 atom stereocenters. The molecular formula is C27H25ClF2N6O3S. The van der Waals surface area contributed by atoms with Crippen LogP contribution in [0, 0.1) is 11.6 Å². The fourth-order valence-electron chi connectivity index (χ4n) is 4.86. The molecule has 1 aliphatic carbocycles. The van der Waals surface area contributed by atoms with E-state index in [9.17, 15) is 27.5 Å². The first-order valence-corrected chi connectivity index (χ1v) is 14.6. The summed E-state index contributed by atoms with van der Waals surface area (Å²) < 4.78 is 55.4. The number of rotatable bonds is 11. The summed E-state index contributed by atoms with van der Waals surface area (Å²) >= 11 is 6.04. The van der Waals surface area contributed by atoms with Crippen LogP contribution in [0.3, 0.4) is 0 Å². The van der Waals surface area contributed by atoms with Crippen molar-refractivity contribution in [3.05, 3.63) is 105 Å². The van der Waals surface area contributed by atoms with E-state index < -0.39 is 39.5 Å². The molecule has 2 aliphatic rings. The van der Waals surface area contributed by atoms with E-state index in [4.69, 9.17) is 11.6 Å². The zero-order valence-electron chi connectivity index (χ0n) is 21.1. The zero-order chi connectivity index (χ0) is 28.4. The van der Waals surface area contributed by atoms with Gasteiger partial charge in [-0.1, -0.05) is 41.0 Å². The third kappa shape index (κ3) is 6.10. The summed E-state index contributed by atoms with van der Waals surface area (Å²) in [5.74, 6) is -2.83. The normalized spacial score (nSPS) is 19.8. The summed E-state index contributed by atoms with van der Waals surface area (Å²) in [7, 11) is -3.30. The quantitative estimate of drug-likeness (QED) is 0.136. The fraction of sp³-hybridized carbons (Fsp3) is 0.333. The molecule has 5 rings (SSSR count). The minimum absolute atomic E-state index is 0.0782. The Morgan fingerprint density at radius 3 is 2.60 bits per heavy atom. The van der Waals surface area contributed by atoms with E-state index in [-0.39, 0.29) is 29.0 Å². The van der Waals surface area contributed by atoms with E-state index in [0.29, 0.717) is 42.0 Å². The molecule has 0 bridgehead atoms. The molecule has 2 unspecified atom stereocenters. The summed E-state index contributed by atoms with van der Waals surface area (Å²) in [6.07, 6.45) is 4.16. The van der Waals surface area contributed by atoms with Crippen molar-refractivity contribution in [2.24, 2.45) is 5.11 Å². The van der Waals surface area contributed by atoms with Crippen LogP contribution in [0.25, 0.3) is 10.4 Å². The smallest absolute Gasteiger partial charge is 0.234 e. The standard InChI is InChI=1S/C27H25ClF2N6O3S/c28-18-6-4-16(5-7-18)25(17-2-1-3-19(29)12-17)26(34-35-31)27(37)33-24-14-32-13-23(30)22(24)11-8-20-15-36(20)40(38,39)21-9-10-21/h1-7,12-14,20-21,25-26H,8-11,15H2,(H,33,37)/t20?,25-,26-,36?/m0/s1. The van der Waals surface area contributed by atoms with Crippen LogP contribution in [0.5, 0.6) is 0 Å². The van der Waals surface area contributed by atoms with Crippen LogP contribution in [0.2, 0.25) is 5.02 Å². The van der Waals surface area contributed by atoms with Gasteiger partial charge in [0, 0.05) is 34.0 Å². The summed E-state index contributed by atoms with van der Waals surface area (Å²) in [4.78, 5) is 20.3. The number of carbonyl (C=O) groups is 1. The Balaban J connectivity index is 1.39. The van der Waals surface area contributed by atoms with E-state index in [2.05, 4.69) is 20.3 Å². The van der Waals surface area contributed by atoms with Gasteiger partial charge in [0.25, 0.3) is 0 Å². The lowest BCUT2D eigenvalue weighted by Gasteiger charge is -2.24. The van der Waals surface area contributed by atoms with Crippen LogP contribution >= 0.6 is 11.6 Å². The van der Waals surface area contributed by atoms with E-state index in [1.54, 1.807) is 30.3 Å². The van der Waals surface area contributed by atoms with Crippen molar-refractivity contribution < 1.29 is 22.0 Å². The van der Waals surface area contributed by atoms with Gasteiger partial charge in [-0.2, -0.15) is 4.31 Å².